The monoisotopic (exact) mass is 508 g/mol. The van der Waals surface area contributed by atoms with E-state index in [1.165, 1.54) is 24.3 Å². The van der Waals surface area contributed by atoms with Crippen LogP contribution in [0.4, 0.5) is 4.79 Å². The van der Waals surface area contributed by atoms with Gasteiger partial charge < -0.3 is 20.3 Å². The summed E-state index contributed by atoms with van der Waals surface area (Å²) in [5, 5.41) is 1.27. The minimum Gasteiger partial charge on any atom is -0.448 e. The molecule has 9 nitrogen and oxygen atoms in total. The molecule has 0 aromatic rings. The van der Waals surface area contributed by atoms with Gasteiger partial charge in [-0.25, -0.2) is 4.79 Å². The minimum absolute atomic E-state index is 0.0439. The topological polar surface area (TPSA) is 105 Å². The number of carbonyl (C=O) groups excluding carboxylic acids is 3. The summed E-state index contributed by atoms with van der Waals surface area (Å²) in [4.78, 5) is 50.2. The smallest absolute Gasteiger partial charge is 0.436 e. The third-order valence-corrected chi connectivity index (χ3v) is 7.87. The third kappa shape index (κ3) is 7.12. The molecule has 0 aromatic heterocycles. The van der Waals surface area contributed by atoms with Gasteiger partial charge in [0.2, 0.25) is 5.91 Å². The standard InChI is InChI=1S/C27H48N4O5/c1-5-20(4)16-29-17-24-30(22(25(29)32)13-9-10-14-28)26(33)23(15-19(2)3)36-31(24)27(34)35-18-21-11-7-6-8-12-21/h19-24H,5-18,28H2,1-4H3/t20-,22-,23+,24?/m0/s1. The zero-order chi connectivity index (χ0) is 26.2. The van der Waals surface area contributed by atoms with Crippen LogP contribution in [0.25, 0.3) is 0 Å². The molecule has 0 spiro atoms. The summed E-state index contributed by atoms with van der Waals surface area (Å²) in [5.41, 5.74) is 5.72. The Labute approximate surface area is 216 Å². The predicted molar refractivity (Wildman–Crippen MR) is 137 cm³/mol. The molecular formula is C27H48N4O5. The fraction of sp³-hybridized carbons (Fsp3) is 0.889. The molecule has 4 atom stereocenters. The van der Waals surface area contributed by atoms with Crippen LogP contribution in [0.3, 0.4) is 0 Å². The van der Waals surface area contributed by atoms with Crippen LogP contribution in [0.15, 0.2) is 0 Å². The number of carbonyl (C=O) groups is 3. The summed E-state index contributed by atoms with van der Waals surface area (Å²) >= 11 is 0. The van der Waals surface area contributed by atoms with Gasteiger partial charge in [0.25, 0.3) is 5.91 Å². The Morgan fingerprint density at radius 1 is 1.11 bits per heavy atom. The van der Waals surface area contributed by atoms with Crippen molar-refractivity contribution in [3.05, 3.63) is 0 Å². The number of rotatable bonds is 11. The number of amides is 3. The summed E-state index contributed by atoms with van der Waals surface area (Å²) in [7, 11) is 0. The molecule has 0 bridgehead atoms. The van der Waals surface area contributed by atoms with E-state index in [0.717, 1.165) is 32.1 Å². The average molecular weight is 509 g/mol. The maximum absolute atomic E-state index is 13.7. The predicted octanol–water partition coefficient (Wildman–Crippen LogP) is 3.91. The van der Waals surface area contributed by atoms with Gasteiger partial charge in [0.05, 0.1) is 13.2 Å². The second-order valence-corrected chi connectivity index (χ2v) is 11.4. The third-order valence-electron chi connectivity index (χ3n) is 7.87. The summed E-state index contributed by atoms with van der Waals surface area (Å²) in [6.45, 7) is 9.96. The molecule has 2 N–H and O–H groups in total. The van der Waals surface area contributed by atoms with Crippen LogP contribution in [0.2, 0.25) is 0 Å². The summed E-state index contributed by atoms with van der Waals surface area (Å²) < 4.78 is 5.76. The second-order valence-electron chi connectivity index (χ2n) is 11.4. The molecule has 0 aromatic carbocycles. The molecule has 206 valence electrons. The van der Waals surface area contributed by atoms with Gasteiger partial charge in [-0.2, -0.15) is 5.06 Å². The lowest BCUT2D eigenvalue weighted by Crippen LogP contribution is -2.73. The van der Waals surface area contributed by atoms with Crippen molar-refractivity contribution in [2.75, 3.05) is 26.2 Å². The highest BCUT2D eigenvalue weighted by molar-refractivity contribution is 5.92. The van der Waals surface area contributed by atoms with Crippen molar-refractivity contribution in [1.82, 2.24) is 14.9 Å². The normalized spacial score (nSPS) is 26.4. The molecule has 3 aliphatic rings. The van der Waals surface area contributed by atoms with Crippen molar-refractivity contribution in [2.24, 2.45) is 23.5 Å². The number of hydrogen-bond donors (Lipinski definition) is 1. The van der Waals surface area contributed by atoms with Crippen LogP contribution >= 0.6 is 0 Å². The molecule has 3 rings (SSSR count). The van der Waals surface area contributed by atoms with Gasteiger partial charge in [0, 0.05) is 6.54 Å². The number of hydroxylamine groups is 2. The van der Waals surface area contributed by atoms with E-state index in [1.807, 2.05) is 18.7 Å². The van der Waals surface area contributed by atoms with E-state index in [0.29, 0.717) is 44.4 Å². The van der Waals surface area contributed by atoms with Crippen LogP contribution in [0.5, 0.6) is 0 Å². The van der Waals surface area contributed by atoms with Gasteiger partial charge in [-0.1, -0.05) is 53.4 Å². The first-order chi connectivity index (χ1) is 17.3. The molecule has 1 unspecified atom stereocenters. The molecule has 2 heterocycles. The maximum atomic E-state index is 13.7. The van der Waals surface area contributed by atoms with Crippen molar-refractivity contribution in [3.8, 4) is 0 Å². The van der Waals surface area contributed by atoms with Crippen LogP contribution in [0.1, 0.15) is 91.9 Å². The van der Waals surface area contributed by atoms with Crippen LogP contribution in [-0.4, -0.2) is 77.3 Å². The molecule has 3 amide bonds. The van der Waals surface area contributed by atoms with Crippen LogP contribution in [-0.2, 0) is 19.2 Å². The quantitative estimate of drug-likeness (QED) is 0.424. The molecule has 1 aliphatic carbocycles. The lowest BCUT2D eigenvalue weighted by Gasteiger charge is -2.53. The highest BCUT2D eigenvalue weighted by atomic mass is 16.7. The summed E-state index contributed by atoms with van der Waals surface area (Å²) in [6.07, 6.45) is 7.09. The lowest BCUT2D eigenvalue weighted by atomic mass is 9.90. The van der Waals surface area contributed by atoms with E-state index in [-0.39, 0.29) is 24.3 Å². The highest BCUT2D eigenvalue weighted by Gasteiger charge is 2.53. The van der Waals surface area contributed by atoms with Gasteiger partial charge >= 0.3 is 6.09 Å². The first-order valence-electron chi connectivity index (χ1n) is 14.2. The highest BCUT2D eigenvalue weighted by Crippen LogP contribution is 2.32. The number of nitrogens with two attached hydrogens (primary N) is 1. The van der Waals surface area contributed by atoms with E-state index in [4.69, 9.17) is 15.3 Å². The Bertz CT molecular complexity index is 742. The number of ether oxygens (including phenoxy) is 1. The van der Waals surface area contributed by atoms with Crippen molar-refractivity contribution in [3.63, 3.8) is 0 Å². The fourth-order valence-electron chi connectivity index (χ4n) is 5.58. The fourth-order valence-corrected chi connectivity index (χ4v) is 5.58. The van der Waals surface area contributed by atoms with Crippen LogP contribution < -0.4 is 5.73 Å². The van der Waals surface area contributed by atoms with Crippen molar-refractivity contribution in [2.45, 2.75) is 110 Å². The molecule has 0 radical (unpaired) electrons. The minimum atomic E-state index is -0.811. The number of piperazine rings is 1. The van der Waals surface area contributed by atoms with Gasteiger partial charge in [-0.3, -0.25) is 14.4 Å². The Hall–Kier alpha value is -1.87. The largest absolute Gasteiger partial charge is 0.448 e. The average Bonchev–Trinajstić information content (AvgIpc) is 2.86. The van der Waals surface area contributed by atoms with E-state index in [2.05, 4.69) is 13.8 Å². The van der Waals surface area contributed by atoms with Gasteiger partial charge in [-0.15, -0.1) is 0 Å². The second kappa shape index (κ2) is 13.6. The lowest BCUT2D eigenvalue weighted by molar-refractivity contribution is -0.269. The molecule has 9 heteroatoms. The van der Waals surface area contributed by atoms with Gasteiger partial charge in [-0.05, 0) is 62.8 Å². The molecule has 2 saturated heterocycles. The first kappa shape index (κ1) is 28.7. The van der Waals surface area contributed by atoms with Crippen molar-refractivity contribution in [1.29, 1.82) is 0 Å². The van der Waals surface area contributed by atoms with Gasteiger partial charge in [0.15, 0.2) is 12.3 Å². The molecule has 36 heavy (non-hydrogen) atoms. The van der Waals surface area contributed by atoms with E-state index < -0.39 is 24.4 Å². The zero-order valence-corrected chi connectivity index (χ0v) is 22.8. The first-order valence-corrected chi connectivity index (χ1v) is 14.2. The molecular weight excluding hydrogens is 460 g/mol. The van der Waals surface area contributed by atoms with E-state index in [1.54, 1.807) is 4.90 Å². The summed E-state index contributed by atoms with van der Waals surface area (Å²) in [6, 6.07) is -0.626. The number of fused-ring (bicyclic) bond motifs is 1. The number of hydrogen-bond acceptors (Lipinski definition) is 6. The SMILES string of the molecule is CC[C@H](C)CN1CC2N(C(=O)OCC3CCCCC3)O[C@H](CC(C)C)C(=O)N2[C@@H](CCCCN)C1=O. The Balaban J connectivity index is 1.86. The maximum Gasteiger partial charge on any atom is 0.436 e. The molecule has 1 saturated carbocycles. The number of unbranched alkanes of at least 4 members (excludes halogenated alkanes) is 1. The van der Waals surface area contributed by atoms with Crippen molar-refractivity contribution < 1.29 is 24.0 Å². The Morgan fingerprint density at radius 2 is 1.83 bits per heavy atom. The van der Waals surface area contributed by atoms with Crippen LogP contribution in [0, 0.1) is 17.8 Å². The van der Waals surface area contributed by atoms with E-state index >= 15 is 0 Å². The van der Waals surface area contributed by atoms with Crippen molar-refractivity contribution >= 4 is 17.9 Å². The molecule has 2 aliphatic heterocycles. The summed E-state index contributed by atoms with van der Waals surface area (Å²) in [5.74, 6) is 0.618. The van der Waals surface area contributed by atoms with E-state index in [9.17, 15) is 14.4 Å². The number of nitrogens with zero attached hydrogens (tertiary/aromatic N) is 3. The zero-order valence-electron chi connectivity index (χ0n) is 22.8. The van der Waals surface area contributed by atoms with Gasteiger partial charge in [0.1, 0.15) is 6.04 Å². The molecule has 3 fully saturated rings. The Morgan fingerprint density at radius 3 is 2.47 bits per heavy atom. The Kier molecular flexibility index (Phi) is 10.8.